The van der Waals surface area contributed by atoms with E-state index < -0.39 is 11.6 Å². The number of halogens is 2. The topological polar surface area (TPSA) is 53.1 Å². The van der Waals surface area contributed by atoms with E-state index in [1.807, 2.05) is 4.57 Å². The standard InChI is InChI=1S/C13H17F2N3O/c1-19-8-13-17-11-6-9(14)10(15)7-12(11)18(13)5-3-2-4-16/h6-7H,2-5,8,16H2,1H3. The van der Waals surface area contributed by atoms with Crippen molar-refractivity contribution in [1.29, 1.82) is 0 Å². The fourth-order valence-corrected chi connectivity index (χ4v) is 2.07. The molecule has 104 valence electrons. The van der Waals surface area contributed by atoms with Gasteiger partial charge in [0.15, 0.2) is 11.6 Å². The summed E-state index contributed by atoms with van der Waals surface area (Å²) >= 11 is 0. The van der Waals surface area contributed by atoms with Gasteiger partial charge >= 0.3 is 0 Å². The van der Waals surface area contributed by atoms with Gasteiger partial charge in [-0.2, -0.15) is 0 Å². The number of hydrogen-bond acceptors (Lipinski definition) is 3. The maximum atomic E-state index is 13.3. The predicted molar refractivity (Wildman–Crippen MR) is 68.7 cm³/mol. The van der Waals surface area contributed by atoms with E-state index >= 15 is 0 Å². The first-order valence-electron chi connectivity index (χ1n) is 6.20. The summed E-state index contributed by atoms with van der Waals surface area (Å²) in [6.45, 7) is 1.58. The van der Waals surface area contributed by atoms with E-state index in [4.69, 9.17) is 10.5 Å². The number of aromatic nitrogens is 2. The third-order valence-corrected chi connectivity index (χ3v) is 2.98. The zero-order valence-corrected chi connectivity index (χ0v) is 10.8. The molecule has 0 saturated heterocycles. The highest BCUT2D eigenvalue weighted by molar-refractivity contribution is 5.76. The minimum Gasteiger partial charge on any atom is -0.377 e. The zero-order valence-electron chi connectivity index (χ0n) is 10.8. The largest absolute Gasteiger partial charge is 0.377 e. The Labute approximate surface area is 110 Å². The van der Waals surface area contributed by atoms with Crippen molar-refractivity contribution in [2.24, 2.45) is 5.73 Å². The number of ether oxygens (including phenoxy) is 1. The van der Waals surface area contributed by atoms with Crippen LogP contribution < -0.4 is 5.73 Å². The molecule has 19 heavy (non-hydrogen) atoms. The van der Waals surface area contributed by atoms with Crippen LogP contribution in [0.2, 0.25) is 0 Å². The minimum absolute atomic E-state index is 0.306. The summed E-state index contributed by atoms with van der Waals surface area (Å²) in [7, 11) is 1.56. The predicted octanol–water partition coefficient (Wildman–Crippen LogP) is 2.20. The maximum absolute atomic E-state index is 13.3. The fraction of sp³-hybridized carbons (Fsp3) is 0.462. The number of methoxy groups -OCH3 is 1. The van der Waals surface area contributed by atoms with E-state index in [2.05, 4.69) is 4.98 Å². The Hall–Kier alpha value is -1.53. The molecule has 0 spiro atoms. The molecule has 0 amide bonds. The Morgan fingerprint density at radius 1 is 1.26 bits per heavy atom. The van der Waals surface area contributed by atoms with Gasteiger partial charge in [0.05, 0.1) is 11.0 Å². The van der Waals surface area contributed by atoms with Crippen molar-refractivity contribution < 1.29 is 13.5 Å². The van der Waals surface area contributed by atoms with Crippen LogP contribution in [-0.2, 0) is 17.9 Å². The maximum Gasteiger partial charge on any atom is 0.161 e. The lowest BCUT2D eigenvalue weighted by molar-refractivity contribution is 0.174. The van der Waals surface area contributed by atoms with Gasteiger partial charge in [-0.25, -0.2) is 13.8 Å². The Morgan fingerprint density at radius 2 is 2.00 bits per heavy atom. The summed E-state index contributed by atoms with van der Waals surface area (Å²) in [4.78, 5) is 4.28. The van der Waals surface area contributed by atoms with Crippen molar-refractivity contribution in [2.75, 3.05) is 13.7 Å². The zero-order chi connectivity index (χ0) is 13.8. The van der Waals surface area contributed by atoms with Gasteiger partial charge in [-0.05, 0) is 19.4 Å². The lowest BCUT2D eigenvalue weighted by Crippen LogP contribution is -2.07. The molecule has 0 atom stereocenters. The molecule has 0 aliphatic heterocycles. The van der Waals surface area contributed by atoms with Gasteiger partial charge in [0, 0.05) is 25.8 Å². The first kappa shape index (κ1) is 13.9. The quantitative estimate of drug-likeness (QED) is 0.818. The summed E-state index contributed by atoms with van der Waals surface area (Å²) in [5, 5.41) is 0. The summed E-state index contributed by atoms with van der Waals surface area (Å²) in [6.07, 6.45) is 1.73. The number of benzene rings is 1. The first-order chi connectivity index (χ1) is 9.17. The molecule has 6 heteroatoms. The van der Waals surface area contributed by atoms with E-state index in [1.165, 1.54) is 6.07 Å². The average molecular weight is 269 g/mol. The molecule has 0 aliphatic rings. The summed E-state index contributed by atoms with van der Waals surface area (Å²) in [5.41, 5.74) is 6.49. The number of unbranched alkanes of at least 4 members (excludes halogenated alkanes) is 1. The van der Waals surface area contributed by atoms with Crippen molar-refractivity contribution in [3.63, 3.8) is 0 Å². The van der Waals surface area contributed by atoms with Crippen LogP contribution in [0, 0.1) is 11.6 Å². The van der Waals surface area contributed by atoms with Crippen LogP contribution in [0.3, 0.4) is 0 Å². The molecule has 2 aromatic rings. The van der Waals surface area contributed by atoms with Crippen molar-refractivity contribution in [1.82, 2.24) is 9.55 Å². The monoisotopic (exact) mass is 269 g/mol. The molecular formula is C13H17F2N3O. The van der Waals surface area contributed by atoms with Gasteiger partial charge in [-0.3, -0.25) is 0 Å². The Balaban J connectivity index is 2.43. The number of rotatable bonds is 6. The molecule has 0 bridgehead atoms. The second-order valence-electron chi connectivity index (χ2n) is 4.36. The highest BCUT2D eigenvalue weighted by Crippen LogP contribution is 2.21. The Bertz CT molecular complexity index is 569. The molecule has 4 nitrogen and oxygen atoms in total. The van der Waals surface area contributed by atoms with Crippen LogP contribution in [0.1, 0.15) is 18.7 Å². The number of imidazole rings is 1. The van der Waals surface area contributed by atoms with Gasteiger partial charge < -0.3 is 15.0 Å². The van der Waals surface area contributed by atoms with Gasteiger partial charge in [0.1, 0.15) is 12.4 Å². The summed E-state index contributed by atoms with van der Waals surface area (Å²) in [5.74, 6) is -1.08. The number of fused-ring (bicyclic) bond motifs is 1. The van der Waals surface area contributed by atoms with E-state index in [9.17, 15) is 8.78 Å². The van der Waals surface area contributed by atoms with Crippen LogP contribution in [0.5, 0.6) is 0 Å². The number of hydrogen-bond donors (Lipinski definition) is 1. The van der Waals surface area contributed by atoms with Crippen molar-refractivity contribution >= 4 is 11.0 Å². The molecule has 0 saturated carbocycles. The van der Waals surface area contributed by atoms with Crippen LogP contribution in [0.4, 0.5) is 8.78 Å². The second-order valence-corrected chi connectivity index (χ2v) is 4.36. The van der Waals surface area contributed by atoms with Gasteiger partial charge in [-0.1, -0.05) is 0 Å². The SMILES string of the molecule is COCc1nc2cc(F)c(F)cc2n1CCCCN. The van der Waals surface area contributed by atoms with Crippen LogP contribution in [-0.4, -0.2) is 23.2 Å². The van der Waals surface area contributed by atoms with Crippen LogP contribution in [0.15, 0.2) is 12.1 Å². The molecule has 1 aromatic heterocycles. The van der Waals surface area contributed by atoms with Crippen molar-refractivity contribution in [3.05, 3.63) is 29.6 Å². The van der Waals surface area contributed by atoms with Gasteiger partial charge in [0.25, 0.3) is 0 Å². The molecule has 1 heterocycles. The lowest BCUT2D eigenvalue weighted by atomic mass is 10.2. The summed E-state index contributed by atoms with van der Waals surface area (Å²) in [6, 6.07) is 2.29. The highest BCUT2D eigenvalue weighted by Gasteiger charge is 2.13. The third-order valence-electron chi connectivity index (χ3n) is 2.98. The molecule has 0 fully saturated rings. The van der Waals surface area contributed by atoms with Gasteiger partial charge in [-0.15, -0.1) is 0 Å². The molecular weight excluding hydrogens is 252 g/mol. The van der Waals surface area contributed by atoms with E-state index in [0.29, 0.717) is 36.6 Å². The van der Waals surface area contributed by atoms with E-state index in [1.54, 1.807) is 7.11 Å². The molecule has 0 radical (unpaired) electrons. The Kier molecular flexibility index (Phi) is 4.44. The van der Waals surface area contributed by atoms with Crippen molar-refractivity contribution in [3.8, 4) is 0 Å². The lowest BCUT2D eigenvalue weighted by Gasteiger charge is -2.08. The molecule has 1 aromatic carbocycles. The fourth-order valence-electron chi connectivity index (χ4n) is 2.07. The molecule has 2 N–H and O–H groups in total. The normalized spacial score (nSPS) is 11.4. The average Bonchev–Trinajstić information content (AvgIpc) is 2.69. The van der Waals surface area contributed by atoms with Crippen LogP contribution in [0.25, 0.3) is 11.0 Å². The summed E-state index contributed by atoms with van der Waals surface area (Å²) < 4.78 is 33.5. The molecule has 2 rings (SSSR count). The van der Waals surface area contributed by atoms with Crippen molar-refractivity contribution in [2.45, 2.75) is 26.0 Å². The number of nitrogens with zero attached hydrogens (tertiary/aromatic N) is 2. The number of nitrogens with two attached hydrogens (primary N) is 1. The second kappa shape index (κ2) is 6.08. The van der Waals surface area contributed by atoms with Gasteiger partial charge in [0.2, 0.25) is 0 Å². The molecule has 0 aliphatic carbocycles. The van der Waals surface area contributed by atoms with E-state index in [0.717, 1.165) is 18.9 Å². The van der Waals surface area contributed by atoms with E-state index in [-0.39, 0.29) is 0 Å². The number of aryl methyl sites for hydroxylation is 1. The Morgan fingerprint density at radius 3 is 2.68 bits per heavy atom. The highest BCUT2D eigenvalue weighted by atomic mass is 19.2. The first-order valence-corrected chi connectivity index (χ1v) is 6.20. The molecule has 0 unspecified atom stereocenters. The third kappa shape index (κ3) is 2.90. The van der Waals surface area contributed by atoms with Crippen LogP contribution >= 0.6 is 0 Å². The smallest absolute Gasteiger partial charge is 0.161 e. The minimum atomic E-state index is -0.886.